The maximum atomic E-state index is 12.8. The van der Waals surface area contributed by atoms with Gasteiger partial charge in [0.2, 0.25) is 5.91 Å². The molecule has 1 N–H and O–H groups in total. The molecule has 1 aromatic carbocycles. The largest absolute Gasteiger partial charge is 0.353 e. The molecule has 0 unspecified atom stereocenters. The van der Waals surface area contributed by atoms with Gasteiger partial charge in [0, 0.05) is 50.0 Å². The summed E-state index contributed by atoms with van der Waals surface area (Å²) in [6.07, 6.45) is 3.72. The average Bonchev–Trinajstić information content (AvgIpc) is 2.74. The third kappa shape index (κ3) is 4.28. The fourth-order valence-electron chi connectivity index (χ4n) is 4.29. The molecule has 1 saturated heterocycles. The van der Waals surface area contributed by atoms with E-state index in [1.54, 1.807) is 6.20 Å². The minimum absolute atomic E-state index is 0.147. The Labute approximate surface area is 177 Å². The minimum atomic E-state index is 0.147. The summed E-state index contributed by atoms with van der Waals surface area (Å²) in [6, 6.07) is 12.4. The maximum absolute atomic E-state index is 12.8. The molecule has 1 aliphatic heterocycles. The van der Waals surface area contributed by atoms with Crippen LogP contribution in [0, 0.1) is 13.8 Å². The molecule has 1 aliphatic rings. The number of benzene rings is 1. The van der Waals surface area contributed by atoms with Gasteiger partial charge in [0.05, 0.1) is 12.1 Å². The average molecular weight is 404 g/mol. The van der Waals surface area contributed by atoms with Crippen LogP contribution >= 0.6 is 0 Å². The number of aromatic nitrogens is 2. The Morgan fingerprint density at radius 3 is 2.83 bits per heavy atom. The van der Waals surface area contributed by atoms with Crippen molar-refractivity contribution in [1.29, 1.82) is 0 Å². The highest BCUT2D eigenvalue weighted by atomic mass is 16.2. The molecular formula is C24H29N5O. The van der Waals surface area contributed by atoms with Crippen molar-refractivity contribution < 1.29 is 4.79 Å². The van der Waals surface area contributed by atoms with Crippen LogP contribution in [-0.4, -0.2) is 53.0 Å². The van der Waals surface area contributed by atoms with Gasteiger partial charge < -0.3 is 15.1 Å². The van der Waals surface area contributed by atoms with Gasteiger partial charge in [-0.2, -0.15) is 0 Å². The molecule has 3 heterocycles. The van der Waals surface area contributed by atoms with Gasteiger partial charge in [-0.05, 0) is 49.6 Å². The summed E-state index contributed by atoms with van der Waals surface area (Å²) in [5.41, 5.74) is 4.50. The van der Waals surface area contributed by atoms with Crippen molar-refractivity contribution in [2.24, 2.45) is 0 Å². The summed E-state index contributed by atoms with van der Waals surface area (Å²) >= 11 is 0. The van der Waals surface area contributed by atoms with Gasteiger partial charge in [0.25, 0.3) is 0 Å². The Kier molecular flexibility index (Phi) is 5.95. The van der Waals surface area contributed by atoms with E-state index in [0.717, 1.165) is 41.9 Å². The normalized spacial score (nSPS) is 16.8. The molecule has 3 aromatic rings. The number of hydrogen-bond donors (Lipinski definition) is 1. The Balaban J connectivity index is 1.33. The number of anilines is 1. The van der Waals surface area contributed by atoms with Crippen molar-refractivity contribution in [2.45, 2.75) is 33.4 Å². The lowest BCUT2D eigenvalue weighted by Crippen LogP contribution is -2.56. The van der Waals surface area contributed by atoms with E-state index in [9.17, 15) is 4.79 Å². The fraction of sp³-hybridized carbons (Fsp3) is 0.375. The van der Waals surface area contributed by atoms with Crippen LogP contribution in [0.2, 0.25) is 0 Å². The van der Waals surface area contributed by atoms with Crippen LogP contribution in [0.4, 0.5) is 5.82 Å². The molecule has 2 aromatic heterocycles. The topological polar surface area (TPSA) is 61.4 Å². The lowest BCUT2D eigenvalue weighted by atomic mass is 10.1. The number of nitrogens with one attached hydrogen (secondary N) is 1. The number of carbonyl (C=O) groups is 1. The van der Waals surface area contributed by atoms with Crippen LogP contribution in [0.1, 0.15) is 23.6 Å². The third-order valence-electron chi connectivity index (χ3n) is 5.76. The molecule has 30 heavy (non-hydrogen) atoms. The van der Waals surface area contributed by atoms with E-state index in [2.05, 4.69) is 59.2 Å². The molecule has 4 rings (SSSR count). The molecule has 6 nitrogen and oxygen atoms in total. The van der Waals surface area contributed by atoms with Crippen molar-refractivity contribution in [1.82, 2.24) is 20.2 Å². The summed E-state index contributed by atoms with van der Waals surface area (Å²) in [4.78, 5) is 26.1. The van der Waals surface area contributed by atoms with Gasteiger partial charge in [0.1, 0.15) is 5.82 Å². The zero-order valence-corrected chi connectivity index (χ0v) is 17.9. The summed E-state index contributed by atoms with van der Waals surface area (Å²) in [6.45, 7) is 9.59. The Morgan fingerprint density at radius 2 is 2.03 bits per heavy atom. The zero-order chi connectivity index (χ0) is 21.1. The van der Waals surface area contributed by atoms with Crippen molar-refractivity contribution >= 4 is 22.6 Å². The monoisotopic (exact) mass is 403 g/mol. The van der Waals surface area contributed by atoms with Crippen molar-refractivity contribution in [3.05, 3.63) is 65.5 Å². The minimum Gasteiger partial charge on any atom is -0.353 e. The van der Waals surface area contributed by atoms with E-state index < -0.39 is 0 Å². The number of pyridine rings is 2. The van der Waals surface area contributed by atoms with Crippen molar-refractivity contribution in [3.63, 3.8) is 0 Å². The number of nitrogens with zero attached hydrogens (tertiary/aromatic N) is 4. The third-order valence-corrected chi connectivity index (χ3v) is 5.76. The highest BCUT2D eigenvalue weighted by molar-refractivity contribution is 5.82. The lowest BCUT2D eigenvalue weighted by Gasteiger charge is -2.41. The van der Waals surface area contributed by atoms with Crippen LogP contribution in [0.5, 0.6) is 0 Å². The number of amides is 1. The van der Waals surface area contributed by atoms with Crippen molar-refractivity contribution in [2.75, 3.05) is 31.1 Å². The molecule has 1 atom stereocenters. The number of carbonyl (C=O) groups excluding carboxylic acids is 1. The number of hydrogen-bond acceptors (Lipinski definition) is 5. The predicted molar refractivity (Wildman–Crippen MR) is 121 cm³/mol. The number of fused-ring (bicyclic) bond motifs is 1. The van der Waals surface area contributed by atoms with Crippen LogP contribution < -0.4 is 10.2 Å². The molecule has 156 valence electrons. The predicted octanol–water partition coefficient (Wildman–Crippen LogP) is 3.07. The quantitative estimate of drug-likeness (QED) is 0.709. The first-order valence-electron chi connectivity index (χ1n) is 10.5. The molecule has 0 saturated carbocycles. The summed E-state index contributed by atoms with van der Waals surface area (Å²) in [5.74, 6) is 1.18. The molecule has 1 amide bonds. The molecule has 0 spiro atoms. The summed E-state index contributed by atoms with van der Waals surface area (Å²) < 4.78 is 0. The summed E-state index contributed by atoms with van der Waals surface area (Å²) in [5, 5.41) is 4.45. The van der Waals surface area contributed by atoms with E-state index in [1.165, 1.54) is 11.1 Å². The van der Waals surface area contributed by atoms with Crippen LogP contribution in [0.3, 0.4) is 0 Å². The SMILES string of the molecule is Cc1cnc(N2CCN(C(=O)CNCc3cccc4ncccc34)[C@@H](C)C2)c(C)c1. The van der Waals surface area contributed by atoms with E-state index >= 15 is 0 Å². The fourth-order valence-corrected chi connectivity index (χ4v) is 4.29. The maximum Gasteiger partial charge on any atom is 0.236 e. The Morgan fingerprint density at radius 1 is 1.17 bits per heavy atom. The second-order valence-corrected chi connectivity index (χ2v) is 8.13. The van der Waals surface area contributed by atoms with Crippen LogP contribution in [-0.2, 0) is 11.3 Å². The first kappa shape index (κ1) is 20.3. The zero-order valence-electron chi connectivity index (χ0n) is 17.9. The second kappa shape index (κ2) is 8.79. The first-order valence-corrected chi connectivity index (χ1v) is 10.5. The molecule has 0 aliphatic carbocycles. The van der Waals surface area contributed by atoms with Crippen LogP contribution in [0.25, 0.3) is 10.9 Å². The van der Waals surface area contributed by atoms with E-state index in [4.69, 9.17) is 0 Å². The summed E-state index contributed by atoms with van der Waals surface area (Å²) in [7, 11) is 0. The second-order valence-electron chi connectivity index (χ2n) is 8.13. The molecule has 1 fully saturated rings. The lowest BCUT2D eigenvalue weighted by molar-refractivity contribution is -0.132. The van der Waals surface area contributed by atoms with Gasteiger partial charge in [0.15, 0.2) is 0 Å². The highest BCUT2D eigenvalue weighted by Gasteiger charge is 2.28. The van der Waals surface area contributed by atoms with Gasteiger partial charge >= 0.3 is 0 Å². The Hall–Kier alpha value is -2.99. The smallest absolute Gasteiger partial charge is 0.236 e. The van der Waals surface area contributed by atoms with E-state index in [0.29, 0.717) is 13.1 Å². The molecule has 6 heteroatoms. The standard InChI is InChI=1S/C24H29N5O/c1-17-12-18(2)24(27-13-17)28-10-11-29(19(3)16-28)23(30)15-25-14-20-6-4-8-22-21(20)7-5-9-26-22/h4-9,12-13,19,25H,10-11,14-16H2,1-3H3/t19-/m0/s1. The first-order chi connectivity index (χ1) is 14.5. The van der Waals surface area contributed by atoms with Gasteiger partial charge in [-0.15, -0.1) is 0 Å². The Bertz CT molecular complexity index is 1050. The van der Waals surface area contributed by atoms with Gasteiger partial charge in [-0.25, -0.2) is 4.98 Å². The number of aryl methyl sites for hydroxylation is 2. The van der Waals surface area contributed by atoms with Gasteiger partial charge in [-0.1, -0.05) is 24.3 Å². The van der Waals surface area contributed by atoms with Crippen LogP contribution in [0.15, 0.2) is 48.8 Å². The number of piperazine rings is 1. The van der Waals surface area contributed by atoms with Crippen molar-refractivity contribution in [3.8, 4) is 0 Å². The highest BCUT2D eigenvalue weighted by Crippen LogP contribution is 2.21. The van der Waals surface area contributed by atoms with Gasteiger partial charge in [-0.3, -0.25) is 9.78 Å². The molecule has 0 radical (unpaired) electrons. The number of rotatable bonds is 5. The molecular weight excluding hydrogens is 374 g/mol. The molecule has 0 bridgehead atoms. The van der Waals surface area contributed by atoms with E-state index in [-0.39, 0.29) is 11.9 Å². The van der Waals surface area contributed by atoms with E-state index in [1.807, 2.05) is 29.3 Å².